The van der Waals surface area contributed by atoms with Crippen LogP contribution < -0.4 is 9.47 Å². The summed E-state index contributed by atoms with van der Waals surface area (Å²) in [5.41, 5.74) is -1.01. The van der Waals surface area contributed by atoms with E-state index in [1.54, 1.807) is 13.8 Å². The van der Waals surface area contributed by atoms with Crippen molar-refractivity contribution < 1.29 is 18.7 Å². The van der Waals surface area contributed by atoms with E-state index in [1.807, 2.05) is 0 Å². The minimum absolute atomic E-state index is 0.0296. The third-order valence-electron chi connectivity index (χ3n) is 3.97. The summed E-state index contributed by atoms with van der Waals surface area (Å²) < 4.78 is 25.9. The van der Waals surface area contributed by atoms with Gasteiger partial charge in [0.05, 0.1) is 10.4 Å². The van der Waals surface area contributed by atoms with Crippen molar-refractivity contribution in [1.82, 2.24) is 19.7 Å². The van der Waals surface area contributed by atoms with Gasteiger partial charge < -0.3 is 9.47 Å². The smallest absolute Gasteiger partial charge is 0.252 e. The van der Waals surface area contributed by atoms with Gasteiger partial charge in [0.15, 0.2) is 0 Å². The minimum atomic E-state index is -1.13. The minimum Gasteiger partial charge on any atom is -0.476 e. The Balaban J connectivity index is 1.79. The highest BCUT2D eigenvalue weighted by atomic mass is 35.5. The zero-order valence-corrected chi connectivity index (χ0v) is 17.1. The highest BCUT2D eigenvalue weighted by molar-refractivity contribution is 6.35. The fraction of sp³-hybridized carbons (Fsp3) is 0.263. The second kappa shape index (κ2) is 8.75. The average molecular weight is 439 g/mol. The van der Waals surface area contributed by atoms with Crippen molar-refractivity contribution >= 4 is 29.0 Å². The van der Waals surface area contributed by atoms with Crippen LogP contribution in [0.5, 0.6) is 11.6 Å². The summed E-state index contributed by atoms with van der Waals surface area (Å²) in [6.07, 6.45) is 2.92. The van der Waals surface area contributed by atoms with E-state index in [-0.39, 0.29) is 23.3 Å². The van der Waals surface area contributed by atoms with E-state index in [9.17, 15) is 9.18 Å². The molecule has 10 heteroatoms. The number of nitrogens with zero attached hydrogens (tertiary/aromatic N) is 4. The van der Waals surface area contributed by atoms with Gasteiger partial charge >= 0.3 is 0 Å². The van der Waals surface area contributed by atoms with Gasteiger partial charge in [-0.25, -0.2) is 19.0 Å². The number of halogens is 3. The van der Waals surface area contributed by atoms with Crippen LogP contribution in [0.25, 0.3) is 0 Å². The van der Waals surface area contributed by atoms with Gasteiger partial charge in [0, 0.05) is 6.20 Å². The van der Waals surface area contributed by atoms with E-state index in [1.165, 1.54) is 53.9 Å². The van der Waals surface area contributed by atoms with E-state index in [2.05, 4.69) is 15.1 Å². The highest BCUT2D eigenvalue weighted by Gasteiger charge is 2.38. The van der Waals surface area contributed by atoms with Crippen molar-refractivity contribution in [3.63, 3.8) is 0 Å². The number of ketones is 1. The van der Waals surface area contributed by atoms with Crippen molar-refractivity contribution in [2.24, 2.45) is 5.41 Å². The summed E-state index contributed by atoms with van der Waals surface area (Å²) in [5, 5.41) is 4.61. The quantitative estimate of drug-likeness (QED) is 0.519. The molecule has 0 bridgehead atoms. The van der Waals surface area contributed by atoms with Crippen LogP contribution in [0.4, 0.5) is 4.39 Å². The van der Waals surface area contributed by atoms with Gasteiger partial charge in [-0.05, 0) is 44.2 Å². The van der Waals surface area contributed by atoms with Crippen molar-refractivity contribution in [3.8, 4) is 11.6 Å². The van der Waals surface area contributed by atoms with E-state index >= 15 is 0 Å². The van der Waals surface area contributed by atoms with E-state index in [0.717, 1.165) is 0 Å². The monoisotopic (exact) mass is 438 g/mol. The Morgan fingerprint density at radius 2 is 2.00 bits per heavy atom. The maximum absolute atomic E-state index is 13.3. The van der Waals surface area contributed by atoms with Crippen molar-refractivity contribution in [2.75, 3.05) is 6.61 Å². The Labute approximate surface area is 176 Å². The molecule has 7 nitrogen and oxygen atoms in total. The first-order valence-corrected chi connectivity index (χ1v) is 9.26. The molecule has 2 heterocycles. The number of benzene rings is 1. The first-order valence-electron chi connectivity index (χ1n) is 8.51. The molecule has 152 valence electrons. The van der Waals surface area contributed by atoms with Crippen LogP contribution in [0.3, 0.4) is 0 Å². The SMILES string of the molecule is CC(C)(COc1ncc(Cl)cc1Cl)C(=O)C(Oc1ccc(F)cc1)n1cncn1. The molecule has 1 aromatic carbocycles. The second-order valence-electron chi connectivity index (χ2n) is 6.78. The summed E-state index contributed by atoms with van der Waals surface area (Å²) in [6.45, 7) is 3.35. The van der Waals surface area contributed by atoms with Gasteiger partial charge in [-0.15, -0.1) is 0 Å². The van der Waals surface area contributed by atoms with Gasteiger partial charge in [0.25, 0.3) is 6.23 Å². The third kappa shape index (κ3) is 5.21. The van der Waals surface area contributed by atoms with Crippen LogP contribution in [0.15, 0.2) is 49.2 Å². The fourth-order valence-electron chi connectivity index (χ4n) is 2.37. The van der Waals surface area contributed by atoms with Gasteiger partial charge in [0.2, 0.25) is 11.7 Å². The highest BCUT2D eigenvalue weighted by Crippen LogP contribution is 2.30. The van der Waals surface area contributed by atoms with Gasteiger partial charge in [-0.3, -0.25) is 4.79 Å². The van der Waals surface area contributed by atoms with Gasteiger partial charge in [0.1, 0.15) is 35.9 Å². The lowest BCUT2D eigenvalue weighted by Crippen LogP contribution is -2.40. The Hall–Kier alpha value is -2.71. The zero-order valence-electron chi connectivity index (χ0n) is 15.6. The van der Waals surface area contributed by atoms with E-state index in [4.69, 9.17) is 32.7 Å². The molecule has 0 amide bonds. The molecule has 0 saturated carbocycles. The Kier molecular flexibility index (Phi) is 6.34. The molecule has 0 aliphatic carbocycles. The summed E-state index contributed by atoms with van der Waals surface area (Å²) in [6, 6.07) is 6.82. The molecule has 2 aromatic heterocycles. The number of pyridine rings is 1. The summed E-state index contributed by atoms with van der Waals surface area (Å²) in [7, 11) is 0. The van der Waals surface area contributed by atoms with E-state index in [0.29, 0.717) is 10.8 Å². The van der Waals surface area contributed by atoms with Crippen LogP contribution in [0, 0.1) is 11.2 Å². The lowest BCUT2D eigenvalue weighted by molar-refractivity contribution is -0.140. The molecule has 0 N–H and O–H groups in total. The summed E-state index contributed by atoms with van der Waals surface area (Å²) >= 11 is 11.9. The lowest BCUT2D eigenvalue weighted by atomic mass is 9.88. The van der Waals surface area contributed by atoms with Crippen LogP contribution in [0.2, 0.25) is 10.0 Å². The van der Waals surface area contributed by atoms with Crippen molar-refractivity contribution in [2.45, 2.75) is 20.1 Å². The first kappa shape index (κ1) is 21.0. The number of carbonyl (C=O) groups excluding carboxylic acids is 1. The molecule has 3 rings (SSSR count). The standard InChI is InChI=1S/C19H17Cl2FN4O3/c1-19(2,9-28-17-15(21)7-12(20)8-24-17)16(27)18(26-11-23-10-25-26)29-14-5-3-13(22)4-6-14/h3-8,10-11,18H,9H2,1-2H3. The summed E-state index contributed by atoms with van der Waals surface area (Å²) in [4.78, 5) is 21.1. The molecule has 0 aliphatic heterocycles. The largest absolute Gasteiger partial charge is 0.476 e. The Morgan fingerprint density at radius 3 is 2.62 bits per heavy atom. The number of Topliss-reactive ketones (excluding diaryl/α,β-unsaturated/α-hetero) is 1. The maximum Gasteiger partial charge on any atom is 0.252 e. The predicted octanol–water partition coefficient (Wildman–Crippen LogP) is 4.37. The predicted molar refractivity (Wildman–Crippen MR) is 105 cm³/mol. The molecular weight excluding hydrogens is 422 g/mol. The van der Waals surface area contributed by atoms with Crippen molar-refractivity contribution in [1.29, 1.82) is 0 Å². The molecule has 3 aromatic rings. The van der Waals surface area contributed by atoms with Crippen LogP contribution in [0.1, 0.15) is 20.1 Å². The number of carbonyl (C=O) groups is 1. The average Bonchev–Trinajstić information content (AvgIpc) is 3.21. The second-order valence-corrected chi connectivity index (χ2v) is 7.62. The fourth-order valence-corrected chi connectivity index (χ4v) is 2.81. The number of ether oxygens (including phenoxy) is 2. The topological polar surface area (TPSA) is 79.1 Å². The molecule has 0 fully saturated rings. The normalized spacial score (nSPS) is 12.4. The number of rotatable bonds is 8. The number of aromatic nitrogens is 4. The zero-order chi connectivity index (χ0) is 21.0. The molecule has 1 unspecified atom stereocenters. The number of hydrogen-bond donors (Lipinski definition) is 0. The Bertz CT molecular complexity index is 982. The number of hydrogen-bond acceptors (Lipinski definition) is 6. The Morgan fingerprint density at radius 1 is 1.28 bits per heavy atom. The maximum atomic E-state index is 13.3. The molecular formula is C19H17Cl2FN4O3. The molecule has 0 spiro atoms. The van der Waals surface area contributed by atoms with Crippen LogP contribution in [-0.4, -0.2) is 32.1 Å². The van der Waals surface area contributed by atoms with Crippen LogP contribution in [-0.2, 0) is 4.79 Å². The third-order valence-corrected chi connectivity index (χ3v) is 4.45. The summed E-state index contributed by atoms with van der Waals surface area (Å²) in [5.74, 6) is -0.285. The first-order chi connectivity index (χ1) is 13.8. The molecule has 0 aliphatic rings. The molecule has 29 heavy (non-hydrogen) atoms. The van der Waals surface area contributed by atoms with Gasteiger partial charge in [-0.2, -0.15) is 5.10 Å². The molecule has 1 atom stereocenters. The molecule has 0 saturated heterocycles. The van der Waals surface area contributed by atoms with Crippen LogP contribution >= 0.6 is 23.2 Å². The van der Waals surface area contributed by atoms with E-state index < -0.39 is 17.5 Å². The van der Waals surface area contributed by atoms with Gasteiger partial charge in [-0.1, -0.05) is 23.2 Å². The van der Waals surface area contributed by atoms with Crippen molar-refractivity contribution in [3.05, 3.63) is 65.0 Å². The lowest BCUT2D eigenvalue weighted by Gasteiger charge is -2.28. The molecule has 0 radical (unpaired) electrons.